The quantitative estimate of drug-likeness (QED) is 0.0943. The smallest absolute Gasteiger partial charge is 0.406 e. The van der Waals surface area contributed by atoms with E-state index >= 15 is 0 Å². The summed E-state index contributed by atoms with van der Waals surface area (Å²) in [7, 11) is 0. The number of hydrogen-bond donors (Lipinski definition) is 4. The molecule has 0 spiro atoms. The summed E-state index contributed by atoms with van der Waals surface area (Å²) in [4.78, 5) is 77.1. The number of alkyl halides is 3. The Morgan fingerprint density at radius 2 is 1.63 bits per heavy atom. The van der Waals surface area contributed by atoms with Crippen molar-refractivity contribution in [3.63, 3.8) is 0 Å². The maximum Gasteiger partial charge on any atom is 0.573 e. The van der Waals surface area contributed by atoms with Gasteiger partial charge in [-0.15, -0.1) is 24.5 Å². The van der Waals surface area contributed by atoms with Crippen molar-refractivity contribution in [2.75, 3.05) is 63.0 Å². The molecule has 3 fully saturated rings. The minimum absolute atomic E-state index is 0.0103. The molecule has 0 unspecified atom stereocenters. The van der Waals surface area contributed by atoms with E-state index in [0.29, 0.717) is 45.6 Å². The van der Waals surface area contributed by atoms with E-state index in [1.807, 2.05) is 70.5 Å². The first-order valence-corrected chi connectivity index (χ1v) is 24.9. The third kappa shape index (κ3) is 12.0. The molecule has 16 nitrogen and oxygen atoms in total. The van der Waals surface area contributed by atoms with Crippen LogP contribution in [-0.4, -0.2) is 135 Å². The van der Waals surface area contributed by atoms with Crippen LogP contribution in [0.15, 0.2) is 72.5 Å². The summed E-state index contributed by atoms with van der Waals surface area (Å²) in [6.07, 6.45) is -2.65. The number of carbonyl (C=O) groups is 4. The van der Waals surface area contributed by atoms with Crippen molar-refractivity contribution in [3.05, 3.63) is 95.0 Å². The summed E-state index contributed by atoms with van der Waals surface area (Å²) >= 11 is 1.57. The molecule has 3 aliphatic rings. The first kappa shape index (κ1) is 51.0. The molecule has 0 radical (unpaired) electrons. The summed E-state index contributed by atoms with van der Waals surface area (Å²) in [6, 6.07) is 15.3. The molecular weight excluding hydrogens is 938 g/mol. The zero-order chi connectivity index (χ0) is 50.8. The number of anilines is 2. The number of likely N-dealkylation sites (tertiary alicyclic amines) is 2. The van der Waals surface area contributed by atoms with Crippen LogP contribution in [0.3, 0.4) is 0 Å². The predicted octanol–water partition coefficient (Wildman–Crippen LogP) is 6.44. The van der Waals surface area contributed by atoms with Crippen LogP contribution in [0.5, 0.6) is 5.75 Å². The Labute approximate surface area is 414 Å². The second-order valence-electron chi connectivity index (χ2n) is 19.8. The molecule has 3 aliphatic heterocycles. The predicted molar refractivity (Wildman–Crippen MR) is 265 cm³/mol. The molecule has 4 amide bonds. The Bertz CT molecular complexity index is 2730. The standard InChI is InChI=1S/C51H61F3N10O6S/c1-30(32-6-8-34(9-7-32)45-31(2)58-29-71-45)59-47(67)42-25-36(65)27-64(42)49(69)46(50(3,4)5)60-43(66)16-17-61-20-22-62(23-21-61)35-10-12-39-41(24-35)56-28-57-44(39)33-14-18-63(19-15-33)48(68)38-13-11-37(26-40(38)55)70-51(52,53)54/h6-13,24,26,28-30,33,36,42,46,65H,14-23,25,27,55H2,1-5H3,(H,59,67)(H,60,66)/t30-,36+,42-,46+/m0/s1. The van der Waals surface area contributed by atoms with E-state index < -0.39 is 41.6 Å². The zero-order valence-electron chi connectivity index (χ0n) is 40.5. The Balaban J connectivity index is 0.810. The minimum atomic E-state index is -4.87. The number of nitrogens with one attached hydrogen (secondary N) is 2. The Hall–Kier alpha value is -6.38. The van der Waals surface area contributed by atoms with Crippen molar-refractivity contribution in [2.45, 2.75) is 96.8 Å². The lowest BCUT2D eigenvalue weighted by Crippen LogP contribution is -2.58. The average molecular weight is 999 g/mol. The second kappa shape index (κ2) is 21.1. The molecule has 4 atom stereocenters. The first-order chi connectivity index (χ1) is 33.7. The van der Waals surface area contributed by atoms with Gasteiger partial charge in [0.1, 0.15) is 24.2 Å². The molecule has 3 aromatic carbocycles. The number of hydrogen-bond acceptors (Lipinski definition) is 13. The zero-order valence-corrected chi connectivity index (χ0v) is 41.4. The van der Waals surface area contributed by atoms with Gasteiger partial charge in [-0.05, 0) is 73.6 Å². The molecule has 5 aromatic rings. The summed E-state index contributed by atoms with van der Waals surface area (Å²) in [6.45, 7) is 13.7. The summed E-state index contributed by atoms with van der Waals surface area (Å²) < 4.78 is 41.9. The number of amides is 4. The van der Waals surface area contributed by atoms with Gasteiger partial charge in [0.25, 0.3) is 5.91 Å². The van der Waals surface area contributed by atoms with E-state index in [9.17, 15) is 37.5 Å². The fourth-order valence-corrected chi connectivity index (χ4v) is 10.6. The molecule has 8 rings (SSSR count). The van der Waals surface area contributed by atoms with Crippen LogP contribution >= 0.6 is 11.3 Å². The van der Waals surface area contributed by atoms with Gasteiger partial charge in [0.15, 0.2) is 0 Å². The highest BCUT2D eigenvalue weighted by Gasteiger charge is 2.45. The number of aromatic nitrogens is 3. The van der Waals surface area contributed by atoms with Crippen LogP contribution in [0.4, 0.5) is 24.5 Å². The van der Waals surface area contributed by atoms with Gasteiger partial charge in [-0.25, -0.2) is 15.0 Å². The van der Waals surface area contributed by atoms with Gasteiger partial charge in [-0.3, -0.25) is 24.1 Å². The number of nitrogen functional groups attached to an aromatic ring is 1. The van der Waals surface area contributed by atoms with Crippen molar-refractivity contribution in [1.82, 2.24) is 40.3 Å². The Morgan fingerprint density at radius 1 is 0.915 bits per heavy atom. The van der Waals surface area contributed by atoms with Gasteiger partial charge >= 0.3 is 6.36 Å². The average Bonchev–Trinajstić information content (AvgIpc) is 3.96. The van der Waals surface area contributed by atoms with Crippen molar-refractivity contribution in [1.29, 1.82) is 0 Å². The number of β-amino-alcohol motifs (C(OH)–C–C–N with tert-alkyl or cyclic N) is 1. The number of aryl methyl sites for hydroxylation is 1. The van der Waals surface area contributed by atoms with E-state index in [-0.39, 0.29) is 60.3 Å². The lowest BCUT2D eigenvalue weighted by atomic mass is 9.85. The summed E-state index contributed by atoms with van der Waals surface area (Å²) in [5, 5.41) is 17.7. The van der Waals surface area contributed by atoms with Crippen LogP contribution in [0.2, 0.25) is 0 Å². The van der Waals surface area contributed by atoms with Crippen molar-refractivity contribution in [3.8, 4) is 16.2 Å². The fourth-order valence-electron chi connectivity index (χ4n) is 9.79. The van der Waals surface area contributed by atoms with E-state index in [4.69, 9.17) is 5.73 Å². The van der Waals surface area contributed by atoms with Crippen LogP contribution in [0.25, 0.3) is 21.3 Å². The number of piperazine rings is 1. The normalized spacial score (nSPS) is 19.1. The second-order valence-corrected chi connectivity index (χ2v) is 20.6. The Morgan fingerprint density at radius 3 is 2.28 bits per heavy atom. The maximum atomic E-state index is 14.3. The van der Waals surface area contributed by atoms with Crippen molar-refractivity contribution < 1.29 is 42.2 Å². The number of rotatable bonds is 13. The highest BCUT2D eigenvalue weighted by Crippen LogP contribution is 2.35. The van der Waals surface area contributed by atoms with Gasteiger partial charge in [-0.2, -0.15) is 0 Å². The van der Waals surface area contributed by atoms with Crippen LogP contribution in [-0.2, 0) is 14.4 Å². The first-order valence-electron chi connectivity index (χ1n) is 24.0. The Kier molecular flexibility index (Phi) is 15.2. The third-order valence-corrected chi connectivity index (χ3v) is 14.7. The summed E-state index contributed by atoms with van der Waals surface area (Å²) in [5.41, 5.74) is 12.7. The van der Waals surface area contributed by atoms with Crippen molar-refractivity contribution in [2.24, 2.45) is 5.41 Å². The van der Waals surface area contributed by atoms with Crippen LogP contribution < -0.4 is 26.0 Å². The van der Waals surface area contributed by atoms with Crippen LogP contribution in [0.1, 0.15) is 92.6 Å². The molecular formula is C51H61F3N10O6S. The highest BCUT2D eigenvalue weighted by molar-refractivity contribution is 7.13. The molecule has 5 heterocycles. The number of carbonyl (C=O) groups excluding carboxylic acids is 4. The number of thiazole rings is 1. The lowest BCUT2D eigenvalue weighted by molar-refractivity contribution is -0.274. The van der Waals surface area contributed by atoms with Gasteiger partial charge in [0.05, 0.1) is 45.0 Å². The number of fused-ring (bicyclic) bond motifs is 1. The number of aliphatic hydroxyl groups excluding tert-OH is 1. The van der Waals surface area contributed by atoms with E-state index in [1.165, 1.54) is 11.0 Å². The third-order valence-electron chi connectivity index (χ3n) is 13.8. The number of benzene rings is 3. The number of ether oxygens (including phenoxy) is 1. The van der Waals surface area contributed by atoms with E-state index in [0.717, 1.165) is 69.2 Å². The molecule has 0 bridgehead atoms. The molecule has 0 saturated carbocycles. The van der Waals surface area contributed by atoms with Gasteiger partial charge in [0, 0.05) is 93.9 Å². The molecule has 0 aliphatic carbocycles. The molecule has 2 aromatic heterocycles. The summed E-state index contributed by atoms with van der Waals surface area (Å²) in [5.74, 6) is -1.82. The maximum absolute atomic E-state index is 14.3. The molecule has 3 saturated heterocycles. The fraction of sp³-hybridized carbons (Fsp3) is 0.471. The molecule has 20 heteroatoms. The largest absolute Gasteiger partial charge is 0.573 e. The topological polar surface area (TPSA) is 199 Å². The number of piperidine rings is 1. The van der Waals surface area contributed by atoms with Gasteiger partial charge < -0.3 is 40.9 Å². The van der Waals surface area contributed by atoms with Gasteiger partial charge in [-0.1, -0.05) is 45.0 Å². The number of nitrogens with two attached hydrogens (primary N) is 1. The highest BCUT2D eigenvalue weighted by atomic mass is 32.1. The minimum Gasteiger partial charge on any atom is -0.406 e. The van der Waals surface area contributed by atoms with Crippen molar-refractivity contribution >= 4 is 57.2 Å². The number of aliphatic hydroxyl groups is 1. The SMILES string of the molecule is Cc1ncsc1-c1ccc([C@H](C)NC(=O)[C@@H]2C[C@@H](O)CN2C(=O)[C@@H](NC(=O)CCN2CCN(c3ccc4c(C5CCN(C(=O)c6ccc(OC(F)(F)F)cc6N)CC5)ncnc4c3)CC2)C(C)(C)C)cc1. The number of halogens is 3. The van der Waals surface area contributed by atoms with Crippen LogP contribution in [0, 0.1) is 12.3 Å². The van der Waals surface area contributed by atoms with E-state index in [2.05, 4.69) is 52.3 Å². The molecule has 378 valence electrons. The monoisotopic (exact) mass is 998 g/mol. The number of nitrogens with zero attached hydrogens (tertiary/aromatic N) is 7. The lowest BCUT2D eigenvalue weighted by Gasteiger charge is -2.37. The van der Waals surface area contributed by atoms with E-state index in [1.54, 1.807) is 22.6 Å². The van der Waals surface area contributed by atoms with Gasteiger partial charge in [0.2, 0.25) is 17.7 Å². The molecule has 5 N–H and O–H groups in total. The molecule has 71 heavy (non-hydrogen) atoms.